The summed E-state index contributed by atoms with van der Waals surface area (Å²) in [7, 11) is 0. The highest BCUT2D eigenvalue weighted by molar-refractivity contribution is 9.13. The predicted molar refractivity (Wildman–Crippen MR) is 88.5 cm³/mol. The van der Waals surface area contributed by atoms with E-state index < -0.39 is 5.97 Å². The van der Waals surface area contributed by atoms with Crippen LogP contribution in [-0.4, -0.2) is 23.5 Å². The maximum Gasteiger partial charge on any atom is 0.335 e. The molecule has 0 unspecified atom stereocenters. The van der Waals surface area contributed by atoms with Gasteiger partial charge in [0.2, 0.25) is 0 Å². The number of carbonyl (C=O) groups is 2. The molecule has 0 atom stereocenters. The van der Waals surface area contributed by atoms with Gasteiger partial charge in [-0.2, -0.15) is 0 Å². The van der Waals surface area contributed by atoms with Crippen LogP contribution in [0.1, 0.15) is 25.6 Å². The van der Waals surface area contributed by atoms with Gasteiger partial charge in [0.25, 0.3) is 5.91 Å². The maximum absolute atomic E-state index is 12.6. The van der Waals surface area contributed by atoms with E-state index in [1.54, 1.807) is 29.2 Å². The average Bonchev–Trinajstić information content (AvgIpc) is 3.01. The number of anilines is 1. The number of hydrogen-bond acceptors (Lipinski definition) is 3. The van der Waals surface area contributed by atoms with Gasteiger partial charge >= 0.3 is 5.97 Å². The molecule has 2 heterocycles. The summed E-state index contributed by atoms with van der Waals surface area (Å²) in [5.41, 5.74) is 1.89. The number of halogens is 2. The number of benzene rings is 1. The second kappa shape index (κ2) is 5.55. The predicted octanol–water partition coefficient (Wildman–Crippen LogP) is 4.17. The summed E-state index contributed by atoms with van der Waals surface area (Å²) in [6.45, 7) is 0.574. The third kappa shape index (κ3) is 2.65. The summed E-state index contributed by atoms with van der Waals surface area (Å²) >= 11 is 8.11. The number of amides is 1. The minimum atomic E-state index is -0.987. The third-order valence-corrected chi connectivity index (χ3v) is 6.57. The Morgan fingerprint density at radius 3 is 2.62 bits per heavy atom. The van der Waals surface area contributed by atoms with Crippen molar-refractivity contribution >= 4 is 60.8 Å². The van der Waals surface area contributed by atoms with Gasteiger partial charge in [-0.25, -0.2) is 4.79 Å². The van der Waals surface area contributed by atoms with Crippen LogP contribution in [0.2, 0.25) is 0 Å². The Morgan fingerprint density at radius 2 is 2.00 bits per heavy atom. The Morgan fingerprint density at radius 1 is 1.24 bits per heavy atom. The molecule has 0 saturated heterocycles. The zero-order valence-corrected chi connectivity index (χ0v) is 14.6. The third-order valence-electron chi connectivity index (χ3n) is 3.33. The lowest BCUT2D eigenvalue weighted by Gasteiger charge is -2.16. The number of hydrogen-bond donors (Lipinski definition) is 1. The molecule has 0 fully saturated rings. The smallest absolute Gasteiger partial charge is 0.335 e. The van der Waals surface area contributed by atoms with Gasteiger partial charge in [0.15, 0.2) is 0 Å². The van der Waals surface area contributed by atoms with Gasteiger partial charge < -0.3 is 10.0 Å². The van der Waals surface area contributed by atoms with E-state index >= 15 is 0 Å². The minimum absolute atomic E-state index is 0.104. The summed E-state index contributed by atoms with van der Waals surface area (Å²) < 4.78 is 1.71. The fraction of sp³-hybridized carbons (Fsp3) is 0.143. The van der Waals surface area contributed by atoms with E-state index in [4.69, 9.17) is 5.11 Å². The zero-order valence-electron chi connectivity index (χ0n) is 10.6. The van der Waals surface area contributed by atoms with Gasteiger partial charge in [0.05, 0.1) is 14.2 Å². The molecule has 3 rings (SSSR count). The van der Waals surface area contributed by atoms with Crippen LogP contribution in [0, 0.1) is 0 Å². The molecule has 0 radical (unpaired) electrons. The summed E-state index contributed by atoms with van der Waals surface area (Å²) in [5, 5.41) is 9.08. The lowest BCUT2D eigenvalue weighted by molar-refractivity contribution is 0.0696. The number of fused-ring (bicyclic) bond motifs is 1. The molecule has 1 aromatic heterocycles. The van der Waals surface area contributed by atoms with E-state index in [9.17, 15) is 9.59 Å². The van der Waals surface area contributed by atoms with Crippen molar-refractivity contribution in [1.29, 1.82) is 0 Å². The first-order chi connectivity index (χ1) is 9.97. The number of carboxylic acid groups (broad SMARTS) is 1. The largest absolute Gasteiger partial charge is 0.478 e. The van der Waals surface area contributed by atoms with Crippen molar-refractivity contribution in [2.75, 3.05) is 11.4 Å². The van der Waals surface area contributed by atoms with E-state index in [1.165, 1.54) is 11.3 Å². The van der Waals surface area contributed by atoms with Gasteiger partial charge in [-0.15, -0.1) is 11.3 Å². The molecular weight excluding hydrogens is 422 g/mol. The highest BCUT2D eigenvalue weighted by Crippen LogP contribution is 2.36. The van der Waals surface area contributed by atoms with Crippen LogP contribution >= 0.6 is 43.2 Å². The van der Waals surface area contributed by atoms with E-state index in [0.717, 1.165) is 20.2 Å². The second-order valence-electron chi connectivity index (χ2n) is 4.59. The number of thiophene rings is 1. The Balaban J connectivity index is 1.98. The molecule has 4 nitrogen and oxygen atoms in total. The molecule has 1 aliphatic rings. The van der Waals surface area contributed by atoms with Crippen LogP contribution in [0.4, 0.5) is 5.69 Å². The van der Waals surface area contributed by atoms with Crippen LogP contribution in [0.25, 0.3) is 0 Å². The van der Waals surface area contributed by atoms with Crippen LogP contribution in [0.5, 0.6) is 0 Å². The summed E-state index contributed by atoms with van der Waals surface area (Å²) in [6.07, 6.45) is 0.745. The minimum Gasteiger partial charge on any atom is -0.478 e. The molecule has 1 aromatic carbocycles. The average molecular weight is 431 g/mol. The van der Waals surface area contributed by atoms with Crippen molar-refractivity contribution in [3.63, 3.8) is 0 Å². The van der Waals surface area contributed by atoms with Crippen LogP contribution in [0.3, 0.4) is 0 Å². The molecule has 0 bridgehead atoms. The molecule has 1 amide bonds. The number of rotatable bonds is 2. The van der Waals surface area contributed by atoms with E-state index in [-0.39, 0.29) is 11.5 Å². The standard InChI is InChI=1S/C14H9Br2NO3S/c15-9-6-11(21-12(9)16)13(18)17-4-3-7-1-2-8(14(19)20)5-10(7)17/h1-2,5-6H,3-4H2,(H,19,20). The Labute approximate surface area is 141 Å². The van der Waals surface area contributed by atoms with Crippen molar-refractivity contribution in [3.8, 4) is 0 Å². The van der Waals surface area contributed by atoms with Crippen molar-refractivity contribution < 1.29 is 14.7 Å². The molecular formula is C14H9Br2NO3S. The van der Waals surface area contributed by atoms with Gasteiger partial charge in [0.1, 0.15) is 0 Å². The fourth-order valence-corrected chi connectivity index (χ4v) is 4.29. The quantitative estimate of drug-likeness (QED) is 0.777. The lowest BCUT2D eigenvalue weighted by atomic mass is 10.1. The highest BCUT2D eigenvalue weighted by atomic mass is 79.9. The normalized spacial score (nSPS) is 13.3. The summed E-state index contributed by atoms with van der Waals surface area (Å²) in [4.78, 5) is 25.9. The van der Waals surface area contributed by atoms with E-state index in [2.05, 4.69) is 31.9 Å². The molecule has 1 N–H and O–H groups in total. The summed E-state index contributed by atoms with van der Waals surface area (Å²) in [6, 6.07) is 6.70. The van der Waals surface area contributed by atoms with Gasteiger partial charge in [0, 0.05) is 16.7 Å². The van der Waals surface area contributed by atoms with Crippen molar-refractivity contribution in [2.45, 2.75) is 6.42 Å². The molecule has 0 saturated carbocycles. The molecule has 7 heteroatoms. The van der Waals surface area contributed by atoms with Crippen LogP contribution in [0.15, 0.2) is 32.5 Å². The van der Waals surface area contributed by atoms with Gasteiger partial charge in [-0.05, 0) is 62.0 Å². The number of carboxylic acids is 1. The first-order valence-electron chi connectivity index (χ1n) is 6.10. The van der Waals surface area contributed by atoms with Crippen molar-refractivity contribution in [2.24, 2.45) is 0 Å². The lowest BCUT2D eigenvalue weighted by Crippen LogP contribution is -2.28. The summed E-state index contributed by atoms with van der Waals surface area (Å²) in [5.74, 6) is -1.09. The topological polar surface area (TPSA) is 57.6 Å². The Bertz CT molecular complexity index is 737. The Hall–Kier alpha value is -1.18. The van der Waals surface area contributed by atoms with Crippen LogP contribution in [-0.2, 0) is 6.42 Å². The molecule has 0 aliphatic carbocycles. The maximum atomic E-state index is 12.6. The Kier molecular flexibility index (Phi) is 3.90. The second-order valence-corrected chi connectivity index (χ2v) is 7.81. The first-order valence-corrected chi connectivity index (χ1v) is 8.50. The van der Waals surface area contributed by atoms with Gasteiger partial charge in [-0.3, -0.25) is 4.79 Å². The number of aromatic carboxylic acids is 1. The molecule has 0 spiro atoms. The van der Waals surface area contributed by atoms with Gasteiger partial charge in [-0.1, -0.05) is 6.07 Å². The highest BCUT2D eigenvalue weighted by Gasteiger charge is 2.27. The van der Waals surface area contributed by atoms with E-state index in [0.29, 0.717) is 17.1 Å². The first kappa shape index (κ1) is 14.7. The molecule has 21 heavy (non-hydrogen) atoms. The van der Waals surface area contributed by atoms with Crippen molar-refractivity contribution in [1.82, 2.24) is 0 Å². The SMILES string of the molecule is O=C(O)c1ccc2c(c1)N(C(=O)c1cc(Br)c(Br)s1)CC2. The number of carbonyl (C=O) groups excluding carboxylic acids is 1. The fourth-order valence-electron chi connectivity index (χ4n) is 2.31. The number of nitrogens with zero attached hydrogens (tertiary/aromatic N) is 1. The van der Waals surface area contributed by atoms with Crippen molar-refractivity contribution in [3.05, 3.63) is 48.5 Å². The zero-order chi connectivity index (χ0) is 15.1. The molecule has 2 aromatic rings. The van der Waals surface area contributed by atoms with E-state index in [1.807, 2.05) is 0 Å². The molecule has 108 valence electrons. The molecule has 1 aliphatic heterocycles. The van der Waals surface area contributed by atoms with Crippen LogP contribution < -0.4 is 4.90 Å². The monoisotopic (exact) mass is 429 g/mol.